The van der Waals surface area contributed by atoms with Crippen LogP contribution in [0.4, 0.5) is 18.4 Å². The van der Waals surface area contributed by atoms with Crippen molar-refractivity contribution in [2.75, 3.05) is 32.7 Å². The predicted molar refractivity (Wildman–Crippen MR) is 145 cm³/mol. The lowest BCUT2D eigenvalue weighted by molar-refractivity contribution is -0.133. The van der Waals surface area contributed by atoms with Crippen LogP contribution >= 0.6 is 15.9 Å². The predicted octanol–water partition coefficient (Wildman–Crippen LogP) is 4.52. The van der Waals surface area contributed by atoms with Crippen LogP contribution in [-0.2, 0) is 11.3 Å². The van der Waals surface area contributed by atoms with Crippen LogP contribution in [0.2, 0.25) is 0 Å². The molecule has 3 heterocycles. The fourth-order valence-electron chi connectivity index (χ4n) is 5.56. The van der Waals surface area contributed by atoms with E-state index in [1.54, 1.807) is 0 Å². The number of hydrogen-bond donors (Lipinski definition) is 2. The second kappa shape index (κ2) is 11.2. The van der Waals surface area contributed by atoms with Gasteiger partial charge in [0, 0.05) is 37.1 Å². The summed E-state index contributed by atoms with van der Waals surface area (Å²) in [6, 6.07) is 15.8. The van der Waals surface area contributed by atoms with Gasteiger partial charge in [-0.15, -0.1) is 0 Å². The molecular formula is C28H32BrF2N5O3. The average molecular weight is 604 g/mol. The SMILES string of the molecule is O=C(N[C@@H](CCN1CCC2(CC1)NC(=O)N(Cc1ccc(Br)cc1)C2=O)c1ccccc1)N1CCC(F)(F)C1. The van der Waals surface area contributed by atoms with E-state index in [9.17, 15) is 23.2 Å². The molecular weight excluding hydrogens is 572 g/mol. The molecule has 1 atom stereocenters. The number of likely N-dealkylation sites (tertiary alicyclic amines) is 2. The number of imide groups is 1. The number of alkyl halides is 2. The van der Waals surface area contributed by atoms with Gasteiger partial charge in [0.2, 0.25) is 0 Å². The number of urea groups is 2. The van der Waals surface area contributed by atoms with Gasteiger partial charge in [-0.2, -0.15) is 0 Å². The highest BCUT2D eigenvalue weighted by Crippen LogP contribution is 2.32. The molecule has 0 bridgehead atoms. The van der Waals surface area contributed by atoms with Crippen molar-refractivity contribution in [1.29, 1.82) is 0 Å². The summed E-state index contributed by atoms with van der Waals surface area (Å²) in [5.74, 6) is -3.03. The molecule has 3 aliphatic rings. The lowest BCUT2D eigenvalue weighted by Gasteiger charge is -2.38. The summed E-state index contributed by atoms with van der Waals surface area (Å²) >= 11 is 3.40. The Morgan fingerprint density at radius 2 is 1.69 bits per heavy atom. The fourth-order valence-corrected chi connectivity index (χ4v) is 5.82. The van der Waals surface area contributed by atoms with E-state index in [1.807, 2.05) is 54.6 Å². The third kappa shape index (κ3) is 6.24. The zero-order chi connectivity index (χ0) is 27.6. The first-order chi connectivity index (χ1) is 18.6. The number of carbonyl (C=O) groups is 3. The monoisotopic (exact) mass is 603 g/mol. The van der Waals surface area contributed by atoms with E-state index < -0.39 is 24.0 Å². The van der Waals surface area contributed by atoms with E-state index in [4.69, 9.17) is 0 Å². The molecule has 5 amide bonds. The van der Waals surface area contributed by atoms with Crippen LogP contribution in [0.3, 0.4) is 0 Å². The lowest BCUT2D eigenvalue weighted by atomic mass is 9.87. The first kappa shape index (κ1) is 27.5. The first-order valence-electron chi connectivity index (χ1n) is 13.2. The van der Waals surface area contributed by atoms with E-state index in [1.165, 1.54) is 9.80 Å². The minimum Gasteiger partial charge on any atom is -0.331 e. The van der Waals surface area contributed by atoms with Gasteiger partial charge < -0.3 is 20.4 Å². The summed E-state index contributed by atoms with van der Waals surface area (Å²) in [6.07, 6.45) is 1.27. The van der Waals surface area contributed by atoms with Crippen LogP contribution in [0, 0.1) is 0 Å². The summed E-state index contributed by atoms with van der Waals surface area (Å²) in [4.78, 5) is 43.5. The van der Waals surface area contributed by atoms with Gasteiger partial charge >= 0.3 is 12.1 Å². The Morgan fingerprint density at radius 1 is 1.00 bits per heavy atom. The average Bonchev–Trinajstić information content (AvgIpc) is 3.40. The largest absolute Gasteiger partial charge is 0.331 e. The number of nitrogens with zero attached hydrogens (tertiary/aromatic N) is 3. The number of piperidine rings is 1. The summed E-state index contributed by atoms with van der Waals surface area (Å²) in [5.41, 5.74) is 0.895. The van der Waals surface area contributed by atoms with E-state index in [0.29, 0.717) is 38.9 Å². The summed E-state index contributed by atoms with van der Waals surface area (Å²) in [6.45, 7) is 1.58. The number of nitrogens with one attached hydrogen (secondary N) is 2. The van der Waals surface area contributed by atoms with Crippen molar-refractivity contribution in [2.24, 2.45) is 0 Å². The normalized spacial score (nSPS) is 21.3. The number of carbonyl (C=O) groups excluding carboxylic acids is 3. The molecule has 2 N–H and O–H groups in total. The van der Waals surface area contributed by atoms with E-state index in [2.05, 4.69) is 31.5 Å². The molecule has 39 heavy (non-hydrogen) atoms. The maximum absolute atomic E-state index is 13.6. The van der Waals surface area contributed by atoms with Gasteiger partial charge in [-0.1, -0.05) is 58.4 Å². The van der Waals surface area contributed by atoms with Crippen molar-refractivity contribution >= 4 is 33.9 Å². The van der Waals surface area contributed by atoms with Gasteiger partial charge in [-0.3, -0.25) is 9.69 Å². The van der Waals surface area contributed by atoms with Crippen molar-refractivity contribution in [3.05, 3.63) is 70.2 Å². The third-order valence-electron chi connectivity index (χ3n) is 7.90. The van der Waals surface area contributed by atoms with Crippen LogP contribution in [0.1, 0.15) is 42.9 Å². The molecule has 0 saturated carbocycles. The maximum atomic E-state index is 13.6. The Balaban J connectivity index is 1.17. The third-order valence-corrected chi connectivity index (χ3v) is 8.43. The van der Waals surface area contributed by atoms with Gasteiger partial charge in [0.05, 0.1) is 19.1 Å². The molecule has 3 saturated heterocycles. The van der Waals surface area contributed by atoms with Gasteiger partial charge in [0.15, 0.2) is 0 Å². The van der Waals surface area contributed by atoms with Gasteiger partial charge in [0.1, 0.15) is 5.54 Å². The molecule has 3 fully saturated rings. The summed E-state index contributed by atoms with van der Waals surface area (Å²) in [5, 5.41) is 5.91. The highest BCUT2D eigenvalue weighted by molar-refractivity contribution is 9.10. The van der Waals surface area contributed by atoms with Crippen LogP contribution in [-0.4, -0.2) is 76.9 Å². The molecule has 1 spiro atoms. The second-order valence-electron chi connectivity index (χ2n) is 10.6. The van der Waals surface area contributed by atoms with Gasteiger partial charge in [0.25, 0.3) is 11.8 Å². The molecule has 0 aromatic heterocycles. The van der Waals surface area contributed by atoms with Gasteiger partial charge in [-0.25, -0.2) is 18.4 Å². The molecule has 0 aliphatic carbocycles. The molecule has 2 aromatic carbocycles. The number of rotatable bonds is 7. The van der Waals surface area contributed by atoms with Crippen molar-refractivity contribution in [2.45, 2.75) is 49.7 Å². The molecule has 0 radical (unpaired) electrons. The maximum Gasteiger partial charge on any atom is 0.325 e. The van der Waals surface area contributed by atoms with Crippen LogP contribution in [0.15, 0.2) is 59.1 Å². The minimum absolute atomic E-state index is 0.0349. The highest BCUT2D eigenvalue weighted by atomic mass is 79.9. The van der Waals surface area contributed by atoms with Crippen molar-refractivity contribution < 1.29 is 23.2 Å². The lowest BCUT2D eigenvalue weighted by Crippen LogP contribution is -2.55. The smallest absolute Gasteiger partial charge is 0.325 e. The molecule has 11 heteroatoms. The van der Waals surface area contributed by atoms with Crippen molar-refractivity contribution in [3.8, 4) is 0 Å². The Hall–Kier alpha value is -3.05. The first-order valence-corrected chi connectivity index (χ1v) is 14.0. The molecule has 5 rings (SSSR count). The number of hydrogen-bond acceptors (Lipinski definition) is 4. The van der Waals surface area contributed by atoms with Gasteiger partial charge in [-0.05, 0) is 42.5 Å². The Kier molecular flexibility index (Phi) is 7.91. The van der Waals surface area contributed by atoms with Crippen LogP contribution in [0.25, 0.3) is 0 Å². The van der Waals surface area contributed by atoms with Crippen molar-refractivity contribution in [3.63, 3.8) is 0 Å². The molecule has 208 valence electrons. The molecule has 0 unspecified atom stereocenters. The number of benzene rings is 2. The van der Waals surface area contributed by atoms with E-state index in [0.717, 1.165) is 15.6 Å². The summed E-state index contributed by atoms with van der Waals surface area (Å²) < 4.78 is 28.2. The van der Waals surface area contributed by atoms with E-state index in [-0.39, 0.29) is 37.5 Å². The van der Waals surface area contributed by atoms with Crippen molar-refractivity contribution in [1.82, 2.24) is 25.3 Å². The highest BCUT2D eigenvalue weighted by Gasteiger charge is 2.52. The Labute approximate surface area is 234 Å². The zero-order valence-electron chi connectivity index (χ0n) is 21.5. The number of amides is 5. The van der Waals surface area contributed by atoms with Crippen LogP contribution < -0.4 is 10.6 Å². The quantitative estimate of drug-likeness (QED) is 0.456. The van der Waals surface area contributed by atoms with E-state index >= 15 is 0 Å². The second-order valence-corrected chi connectivity index (χ2v) is 11.5. The summed E-state index contributed by atoms with van der Waals surface area (Å²) in [7, 11) is 0. The molecule has 8 nitrogen and oxygen atoms in total. The number of halogens is 3. The fraction of sp³-hybridized carbons (Fsp3) is 0.464. The Morgan fingerprint density at radius 3 is 2.33 bits per heavy atom. The molecule has 3 aliphatic heterocycles. The topological polar surface area (TPSA) is 85.0 Å². The van der Waals surface area contributed by atoms with Crippen LogP contribution in [0.5, 0.6) is 0 Å². The minimum atomic E-state index is -2.84. The zero-order valence-corrected chi connectivity index (χ0v) is 23.1. The Bertz CT molecular complexity index is 1210. The standard InChI is InChI=1S/C28H32BrF2N5O3/c29-22-8-6-20(7-9-22)18-36-24(37)27(33-26(36)39)11-15-34(16-12-27)14-10-23(21-4-2-1-3-5-21)32-25(38)35-17-13-28(30,31)19-35/h1-9,23H,10-19H2,(H,32,38)(H,33,39)/t23-/m0/s1. The molecule has 2 aromatic rings.